The smallest absolute Gasteiger partial charge is 0.339 e. The first kappa shape index (κ1) is 18.2. The maximum absolute atomic E-state index is 12.3. The number of hydrogen-bond acceptors (Lipinski definition) is 2. The molecule has 0 spiro atoms. The van der Waals surface area contributed by atoms with Gasteiger partial charge in [0.25, 0.3) is 0 Å². The lowest BCUT2D eigenvalue weighted by Crippen LogP contribution is -2.35. The molecule has 0 radical (unpaired) electrons. The Labute approximate surface area is 150 Å². The van der Waals surface area contributed by atoms with Gasteiger partial charge in [0, 0.05) is 37.5 Å². The van der Waals surface area contributed by atoms with E-state index in [0.29, 0.717) is 19.5 Å². The number of hydrogen-bond donors (Lipinski definition) is 0. The highest BCUT2D eigenvalue weighted by Crippen LogP contribution is 2.32. The largest absolute Gasteiger partial charge is 0.389 e. The Balaban J connectivity index is 1.73. The Morgan fingerprint density at radius 2 is 1.88 bits per heavy atom. The summed E-state index contributed by atoms with van der Waals surface area (Å²) in [5.41, 5.74) is 4.24. The van der Waals surface area contributed by atoms with Crippen molar-refractivity contribution in [1.29, 1.82) is 0 Å². The Morgan fingerprint density at radius 1 is 1.12 bits per heavy atom. The fourth-order valence-electron chi connectivity index (χ4n) is 3.08. The molecule has 0 saturated heterocycles. The Bertz CT molecular complexity index is 800. The van der Waals surface area contributed by atoms with Crippen molar-refractivity contribution in [2.24, 2.45) is 0 Å². The van der Waals surface area contributed by atoms with E-state index in [2.05, 4.69) is 4.98 Å². The van der Waals surface area contributed by atoms with Crippen molar-refractivity contribution in [1.82, 2.24) is 9.88 Å². The van der Waals surface area contributed by atoms with Crippen LogP contribution in [0.1, 0.15) is 24.8 Å². The number of aromatic nitrogens is 1. The van der Waals surface area contributed by atoms with E-state index in [4.69, 9.17) is 0 Å². The van der Waals surface area contributed by atoms with E-state index in [1.165, 1.54) is 4.90 Å². The van der Waals surface area contributed by atoms with E-state index in [1.807, 2.05) is 42.5 Å². The summed E-state index contributed by atoms with van der Waals surface area (Å²) >= 11 is 0. The van der Waals surface area contributed by atoms with Crippen LogP contribution in [-0.2, 0) is 4.79 Å². The minimum atomic E-state index is -4.30. The van der Waals surface area contributed by atoms with E-state index in [0.717, 1.165) is 22.3 Å². The number of rotatable bonds is 4. The summed E-state index contributed by atoms with van der Waals surface area (Å²) < 4.78 is 36.9. The van der Waals surface area contributed by atoms with Crippen molar-refractivity contribution in [3.8, 4) is 11.1 Å². The van der Waals surface area contributed by atoms with Gasteiger partial charge in [-0.15, -0.1) is 0 Å². The molecule has 136 valence electrons. The van der Waals surface area contributed by atoms with Gasteiger partial charge in [-0.05, 0) is 29.2 Å². The molecule has 6 heteroatoms. The summed E-state index contributed by atoms with van der Waals surface area (Å²) in [4.78, 5) is 17.6. The number of halogens is 3. The van der Waals surface area contributed by atoms with Gasteiger partial charge in [-0.2, -0.15) is 13.2 Å². The Kier molecular flexibility index (Phi) is 5.40. The lowest BCUT2D eigenvalue weighted by atomic mass is 9.92. The first-order valence-corrected chi connectivity index (χ1v) is 8.47. The molecule has 1 aliphatic heterocycles. The molecule has 1 aliphatic rings. The van der Waals surface area contributed by atoms with Crippen LogP contribution >= 0.6 is 0 Å². The molecule has 0 bridgehead atoms. The molecule has 1 amide bonds. The molecule has 0 fully saturated rings. The van der Waals surface area contributed by atoms with Crippen LogP contribution in [0.25, 0.3) is 16.7 Å². The number of nitrogens with zero attached hydrogens (tertiary/aromatic N) is 2. The van der Waals surface area contributed by atoms with Crippen molar-refractivity contribution in [2.75, 3.05) is 13.1 Å². The third kappa shape index (κ3) is 4.50. The topological polar surface area (TPSA) is 33.2 Å². The molecule has 0 N–H and O–H groups in total. The zero-order valence-electron chi connectivity index (χ0n) is 14.2. The second-order valence-electron chi connectivity index (χ2n) is 6.22. The molecular weight excluding hydrogens is 341 g/mol. The minimum Gasteiger partial charge on any atom is -0.339 e. The Hall–Kier alpha value is -2.63. The van der Waals surface area contributed by atoms with Crippen molar-refractivity contribution < 1.29 is 18.0 Å². The summed E-state index contributed by atoms with van der Waals surface area (Å²) in [6.07, 6.45) is 0.224. The summed E-state index contributed by atoms with van der Waals surface area (Å²) in [5.74, 6) is -0.446. The van der Waals surface area contributed by atoms with Gasteiger partial charge in [0.2, 0.25) is 5.91 Å². The number of amides is 1. The molecule has 2 aromatic rings. The molecular formula is C20H19F3N2O. The van der Waals surface area contributed by atoms with Crippen molar-refractivity contribution in [2.45, 2.75) is 25.4 Å². The molecule has 2 heterocycles. The van der Waals surface area contributed by atoms with Gasteiger partial charge >= 0.3 is 6.18 Å². The van der Waals surface area contributed by atoms with Gasteiger partial charge in [0.05, 0.1) is 6.42 Å². The second kappa shape index (κ2) is 7.72. The number of alkyl halides is 3. The van der Waals surface area contributed by atoms with E-state index in [9.17, 15) is 18.0 Å². The molecule has 0 unspecified atom stereocenters. The molecule has 1 aromatic heterocycles. The fraction of sp³-hybridized carbons (Fsp3) is 0.300. The van der Waals surface area contributed by atoms with Crippen molar-refractivity contribution >= 4 is 11.5 Å². The number of carbonyl (C=O) groups is 1. The van der Waals surface area contributed by atoms with Crippen LogP contribution in [0.4, 0.5) is 13.2 Å². The monoisotopic (exact) mass is 360 g/mol. The molecule has 3 nitrogen and oxygen atoms in total. The third-order valence-electron chi connectivity index (χ3n) is 4.43. The van der Waals surface area contributed by atoms with E-state index >= 15 is 0 Å². The van der Waals surface area contributed by atoms with Gasteiger partial charge in [0.1, 0.15) is 0 Å². The normalized spacial score (nSPS) is 14.9. The van der Waals surface area contributed by atoms with E-state index < -0.39 is 24.9 Å². The van der Waals surface area contributed by atoms with Crippen LogP contribution in [0.5, 0.6) is 0 Å². The zero-order valence-corrected chi connectivity index (χ0v) is 14.2. The van der Waals surface area contributed by atoms with Crippen LogP contribution in [0.15, 0.2) is 54.9 Å². The van der Waals surface area contributed by atoms with Crippen molar-refractivity contribution in [3.05, 3.63) is 60.4 Å². The minimum absolute atomic E-state index is 0.341. The first-order chi connectivity index (χ1) is 12.4. The predicted octanol–water partition coefficient (Wildman–Crippen LogP) is 4.71. The fourth-order valence-corrected chi connectivity index (χ4v) is 3.08. The highest BCUT2D eigenvalue weighted by atomic mass is 19.4. The van der Waals surface area contributed by atoms with Gasteiger partial charge in [0.15, 0.2) is 0 Å². The first-order valence-electron chi connectivity index (χ1n) is 8.47. The highest BCUT2D eigenvalue weighted by molar-refractivity contribution is 5.83. The SMILES string of the molecule is O=C(CCC(F)(F)F)N1CC=C(c2ccccc2-c2cccnc2)CC1. The molecule has 0 atom stereocenters. The molecule has 0 saturated carbocycles. The molecule has 1 aromatic carbocycles. The number of benzene rings is 1. The van der Waals surface area contributed by atoms with Gasteiger partial charge in [-0.1, -0.05) is 36.4 Å². The van der Waals surface area contributed by atoms with Gasteiger partial charge in [-0.25, -0.2) is 0 Å². The maximum atomic E-state index is 12.3. The highest BCUT2D eigenvalue weighted by Gasteiger charge is 2.29. The lowest BCUT2D eigenvalue weighted by molar-refractivity contribution is -0.148. The summed E-state index contributed by atoms with van der Waals surface area (Å²) in [7, 11) is 0. The average molecular weight is 360 g/mol. The maximum Gasteiger partial charge on any atom is 0.389 e. The van der Waals surface area contributed by atoms with E-state index in [1.54, 1.807) is 12.4 Å². The van der Waals surface area contributed by atoms with Crippen LogP contribution < -0.4 is 0 Å². The van der Waals surface area contributed by atoms with Crippen LogP contribution in [0.2, 0.25) is 0 Å². The van der Waals surface area contributed by atoms with Gasteiger partial charge < -0.3 is 4.90 Å². The van der Waals surface area contributed by atoms with E-state index in [-0.39, 0.29) is 0 Å². The van der Waals surface area contributed by atoms with Crippen LogP contribution in [0, 0.1) is 0 Å². The average Bonchev–Trinajstić information content (AvgIpc) is 2.66. The summed E-state index contributed by atoms with van der Waals surface area (Å²) in [5, 5.41) is 0. The van der Waals surface area contributed by atoms with Crippen LogP contribution in [-0.4, -0.2) is 35.1 Å². The molecule has 26 heavy (non-hydrogen) atoms. The zero-order chi connectivity index (χ0) is 18.6. The molecule has 3 rings (SSSR count). The summed E-state index contributed by atoms with van der Waals surface area (Å²) in [6.45, 7) is 0.775. The molecule has 0 aliphatic carbocycles. The van der Waals surface area contributed by atoms with Gasteiger partial charge in [-0.3, -0.25) is 9.78 Å². The summed E-state index contributed by atoms with van der Waals surface area (Å²) in [6, 6.07) is 11.8. The third-order valence-corrected chi connectivity index (χ3v) is 4.43. The standard InChI is InChI=1S/C20H19F3N2O/c21-20(22,23)10-7-19(26)25-12-8-15(9-13-25)17-5-1-2-6-18(17)16-4-3-11-24-14-16/h1-6,8,11,14H,7,9-10,12-13H2. The van der Waals surface area contributed by atoms with Crippen molar-refractivity contribution in [3.63, 3.8) is 0 Å². The van der Waals surface area contributed by atoms with Crippen LogP contribution in [0.3, 0.4) is 0 Å². The Morgan fingerprint density at radius 3 is 2.50 bits per heavy atom. The second-order valence-corrected chi connectivity index (χ2v) is 6.22. The number of pyridine rings is 1. The predicted molar refractivity (Wildman–Crippen MR) is 94.1 cm³/mol. The number of carbonyl (C=O) groups excluding carboxylic acids is 1. The lowest BCUT2D eigenvalue weighted by Gasteiger charge is -2.27. The quantitative estimate of drug-likeness (QED) is 0.791.